The molecule has 1 heterocycles. The van der Waals surface area contributed by atoms with Crippen molar-refractivity contribution >= 4 is 11.6 Å². The minimum atomic E-state index is -0.0997. The van der Waals surface area contributed by atoms with Crippen LogP contribution in [0.5, 0.6) is 11.5 Å². The van der Waals surface area contributed by atoms with E-state index < -0.39 is 0 Å². The van der Waals surface area contributed by atoms with Gasteiger partial charge in [-0.05, 0) is 48.0 Å². The van der Waals surface area contributed by atoms with Crippen LogP contribution in [0.25, 0.3) is 22.6 Å². The number of nitrogens with zero attached hydrogens (tertiary/aromatic N) is 2. The maximum atomic E-state index is 12.5. The lowest BCUT2D eigenvalue weighted by Crippen LogP contribution is -2.22. The molecule has 0 saturated heterocycles. The number of ether oxygens (including phenoxy) is 2. The van der Waals surface area contributed by atoms with E-state index in [0.717, 1.165) is 45.4 Å². The predicted molar refractivity (Wildman–Crippen MR) is 135 cm³/mol. The van der Waals surface area contributed by atoms with Crippen molar-refractivity contribution in [2.45, 2.75) is 6.54 Å². The van der Waals surface area contributed by atoms with E-state index in [1.165, 1.54) is 0 Å². The summed E-state index contributed by atoms with van der Waals surface area (Å²) in [6.07, 6.45) is 1.78. The first kappa shape index (κ1) is 22.9. The van der Waals surface area contributed by atoms with E-state index in [0.29, 0.717) is 12.1 Å². The molecule has 34 heavy (non-hydrogen) atoms. The van der Waals surface area contributed by atoms with E-state index in [1.807, 2.05) is 85.7 Å². The molecule has 7 nitrogen and oxygen atoms in total. The quantitative estimate of drug-likeness (QED) is 0.400. The molecule has 2 N–H and O–H groups in total. The Morgan fingerprint density at radius 1 is 0.971 bits per heavy atom. The van der Waals surface area contributed by atoms with E-state index in [4.69, 9.17) is 9.47 Å². The average molecular weight is 457 g/mol. The number of hydrogen-bond donors (Lipinski definition) is 2. The molecule has 4 aromatic rings. The summed E-state index contributed by atoms with van der Waals surface area (Å²) in [5, 5.41) is 2.97. The third-order valence-electron chi connectivity index (χ3n) is 5.60. The van der Waals surface area contributed by atoms with Gasteiger partial charge in [0.2, 0.25) is 0 Å². The summed E-state index contributed by atoms with van der Waals surface area (Å²) in [5.74, 6) is 2.12. The number of hydrogen-bond acceptors (Lipinski definition) is 5. The summed E-state index contributed by atoms with van der Waals surface area (Å²) in [7, 11) is 7.21. The van der Waals surface area contributed by atoms with E-state index in [1.54, 1.807) is 20.4 Å². The zero-order valence-corrected chi connectivity index (χ0v) is 19.8. The first-order chi connectivity index (χ1) is 16.5. The fraction of sp³-hybridized carbons (Fsp3) is 0.185. The van der Waals surface area contributed by atoms with Gasteiger partial charge < -0.3 is 24.7 Å². The highest BCUT2D eigenvalue weighted by atomic mass is 16.5. The number of carbonyl (C=O) groups excluding carboxylic acids is 1. The number of imidazole rings is 1. The molecule has 174 valence electrons. The van der Waals surface area contributed by atoms with Gasteiger partial charge in [0.15, 0.2) is 0 Å². The number of methoxy groups -OCH3 is 2. The zero-order valence-electron chi connectivity index (χ0n) is 19.8. The molecular formula is C27H28N4O3. The number of rotatable bonds is 8. The second-order valence-corrected chi connectivity index (χ2v) is 8.03. The molecule has 0 fully saturated rings. The van der Waals surface area contributed by atoms with Crippen LogP contribution in [0.1, 0.15) is 15.9 Å². The lowest BCUT2D eigenvalue weighted by atomic mass is 10.1. The van der Waals surface area contributed by atoms with Crippen molar-refractivity contribution in [3.63, 3.8) is 0 Å². The topological polar surface area (TPSA) is 79.5 Å². The Hall–Kier alpha value is -4.26. The monoisotopic (exact) mass is 456 g/mol. The van der Waals surface area contributed by atoms with Crippen LogP contribution in [0.2, 0.25) is 0 Å². The van der Waals surface area contributed by atoms with Gasteiger partial charge in [-0.15, -0.1) is 0 Å². The smallest absolute Gasteiger partial charge is 0.251 e. The van der Waals surface area contributed by atoms with Crippen LogP contribution >= 0.6 is 0 Å². The predicted octanol–water partition coefficient (Wildman–Crippen LogP) is 4.76. The van der Waals surface area contributed by atoms with Crippen molar-refractivity contribution < 1.29 is 14.3 Å². The minimum absolute atomic E-state index is 0.0997. The second kappa shape index (κ2) is 10.1. The maximum Gasteiger partial charge on any atom is 0.251 e. The molecule has 0 bridgehead atoms. The van der Waals surface area contributed by atoms with Gasteiger partial charge in [0.05, 0.1) is 26.1 Å². The molecule has 4 rings (SSSR count). The first-order valence-corrected chi connectivity index (χ1v) is 10.9. The number of amides is 1. The summed E-state index contributed by atoms with van der Waals surface area (Å²) in [5.41, 5.74) is 5.35. The molecule has 0 saturated carbocycles. The van der Waals surface area contributed by atoms with Crippen molar-refractivity contribution in [1.82, 2.24) is 15.3 Å². The fourth-order valence-corrected chi connectivity index (χ4v) is 3.61. The lowest BCUT2D eigenvalue weighted by Gasteiger charge is -2.12. The van der Waals surface area contributed by atoms with Gasteiger partial charge in [-0.25, -0.2) is 4.98 Å². The van der Waals surface area contributed by atoms with Crippen LogP contribution in [0, 0.1) is 0 Å². The zero-order chi connectivity index (χ0) is 24.1. The number of H-pyrrole nitrogens is 1. The summed E-state index contributed by atoms with van der Waals surface area (Å²) in [6.45, 7) is 0.443. The summed E-state index contributed by atoms with van der Waals surface area (Å²) >= 11 is 0. The largest absolute Gasteiger partial charge is 0.497 e. The van der Waals surface area contributed by atoms with Crippen LogP contribution < -0.4 is 19.7 Å². The van der Waals surface area contributed by atoms with Crippen molar-refractivity contribution in [2.75, 3.05) is 33.2 Å². The highest BCUT2D eigenvalue weighted by molar-refractivity contribution is 5.94. The molecule has 1 amide bonds. The number of anilines is 1. The number of benzene rings is 3. The molecule has 0 radical (unpaired) electrons. The summed E-state index contributed by atoms with van der Waals surface area (Å²) in [6, 6.07) is 21.1. The molecule has 0 unspecified atom stereocenters. The number of carbonyl (C=O) groups is 1. The second-order valence-electron chi connectivity index (χ2n) is 8.03. The van der Waals surface area contributed by atoms with E-state index in [-0.39, 0.29) is 5.91 Å². The fourth-order valence-electron chi connectivity index (χ4n) is 3.61. The van der Waals surface area contributed by atoms with Crippen molar-refractivity contribution in [3.05, 3.63) is 84.1 Å². The van der Waals surface area contributed by atoms with Gasteiger partial charge >= 0.3 is 0 Å². The third-order valence-corrected chi connectivity index (χ3v) is 5.60. The molecule has 7 heteroatoms. The Kier molecular flexibility index (Phi) is 6.82. The first-order valence-electron chi connectivity index (χ1n) is 10.9. The van der Waals surface area contributed by atoms with E-state index >= 15 is 0 Å². The summed E-state index contributed by atoms with van der Waals surface area (Å²) < 4.78 is 10.8. The molecule has 0 aliphatic heterocycles. The van der Waals surface area contributed by atoms with Crippen LogP contribution in [-0.4, -0.2) is 44.2 Å². The van der Waals surface area contributed by atoms with Gasteiger partial charge in [-0.1, -0.05) is 24.3 Å². The third kappa shape index (κ3) is 5.04. The average Bonchev–Trinajstić information content (AvgIpc) is 3.37. The van der Waals surface area contributed by atoms with Gasteiger partial charge in [0.1, 0.15) is 17.3 Å². The lowest BCUT2D eigenvalue weighted by molar-refractivity contribution is 0.0951. The van der Waals surface area contributed by atoms with E-state index in [9.17, 15) is 4.79 Å². The van der Waals surface area contributed by atoms with Gasteiger partial charge in [-0.2, -0.15) is 0 Å². The molecule has 0 aliphatic carbocycles. The van der Waals surface area contributed by atoms with Crippen LogP contribution in [0.4, 0.5) is 5.69 Å². The van der Waals surface area contributed by atoms with Gasteiger partial charge in [0.25, 0.3) is 5.91 Å². The van der Waals surface area contributed by atoms with Gasteiger partial charge in [-0.3, -0.25) is 4.79 Å². The normalized spacial score (nSPS) is 10.6. The Balaban J connectivity index is 1.42. The Labute approximate surface area is 199 Å². The minimum Gasteiger partial charge on any atom is -0.497 e. The molecule has 3 aromatic carbocycles. The van der Waals surface area contributed by atoms with E-state index in [2.05, 4.69) is 15.3 Å². The standard InChI is InChI=1S/C27H28N4O3/c1-31(2)21-11-9-20(10-12-21)27(32)29-16-18-5-7-19(8-6-18)26-28-17-24(30-26)23-15-22(33-3)13-14-25(23)34-4/h5-15,17H,16H2,1-4H3,(H,28,30)(H,29,32). The van der Waals surface area contributed by atoms with Crippen molar-refractivity contribution in [3.8, 4) is 34.1 Å². The highest BCUT2D eigenvalue weighted by Gasteiger charge is 2.12. The summed E-state index contributed by atoms with van der Waals surface area (Å²) in [4.78, 5) is 22.3. The number of aromatic amines is 1. The Bertz CT molecular complexity index is 1260. The van der Waals surface area contributed by atoms with Crippen molar-refractivity contribution in [2.24, 2.45) is 0 Å². The van der Waals surface area contributed by atoms with Crippen molar-refractivity contribution in [1.29, 1.82) is 0 Å². The van der Waals surface area contributed by atoms with Gasteiger partial charge in [0, 0.05) is 43.0 Å². The van der Waals surface area contributed by atoms with Crippen LogP contribution in [0.15, 0.2) is 72.9 Å². The SMILES string of the molecule is COc1ccc(OC)c(-c2cnc(-c3ccc(CNC(=O)c4ccc(N(C)C)cc4)cc3)[nH]2)c1. The molecule has 0 spiro atoms. The molecule has 0 atom stereocenters. The molecular weight excluding hydrogens is 428 g/mol. The highest BCUT2D eigenvalue weighted by Crippen LogP contribution is 2.33. The Morgan fingerprint density at radius 2 is 1.71 bits per heavy atom. The number of nitrogens with one attached hydrogen (secondary N) is 2. The Morgan fingerprint density at radius 3 is 2.35 bits per heavy atom. The number of aromatic nitrogens is 2. The molecule has 1 aromatic heterocycles. The molecule has 0 aliphatic rings. The van der Waals surface area contributed by atoms with Crippen LogP contribution in [-0.2, 0) is 6.54 Å². The van der Waals surface area contributed by atoms with Crippen LogP contribution in [0.3, 0.4) is 0 Å². The maximum absolute atomic E-state index is 12.5.